The average Bonchev–Trinajstić information content (AvgIpc) is 2.47. The molecule has 1 aliphatic rings. The molecular weight excluding hydrogens is 269 g/mol. The largest absolute Gasteiger partial charge is 0.398 e. The lowest BCUT2D eigenvalue weighted by molar-refractivity contribution is 0.0949. The van der Waals surface area contributed by atoms with Crippen molar-refractivity contribution in [3.8, 4) is 0 Å². The summed E-state index contributed by atoms with van der Waals surface area (Å²) in [5, 5.41) is 2.81. The summed E-state index contributed by atoms with van der Waals surface area (Å²) in [6, 6.07) is 4.48. The molecule has 0 spiro atoms. The minimum Gasteiger partial charge on any atom is -0.398 e. The Balaban J connectivity index is 1.75. The maximum absolute atomic E-state index is 13.1. The van der Waals surface area contributed by atoms with Crippen LogP contribution in [-0.2, 0) is 0 Å². The molecule has 1 amide bonds. The maximum Gasteiger partial charge on any atom is 0.253 e. The van der Waals surface area contributed by atoms with Crippen molar-refractivity contribution in [2.75, 3.05) is 25.4 Å². The van der Waals surface area contributed by atoms with E-state index in [0.717, 1.165) is 19.5 Å². The first-order valence-corrected chi connectivity index (χ1v) is 7.65. The number of carbonyl (C=O) groups is 1. The van der Waals surface area contributed by atoms with Crippen molar-refractivity contribution in [1.29, 1.82) is 0 Å². The molecule has 21 heavy (non-hydrogen) atoms. The zero-order valence-corrected chi connectivity index (χ0v) is 12.6. The van der Waals surface area contributed by atoms with Crippen LogP contribution in [0.5, 0.6) is 0 Å². The van der Waals surface area contributed by atoms with Gasteiger partial charge in [-0.15, -0.1) is 0 Å². The molecule has 1 fully saturated rings. The van der Waals surface area contributed by atoms with E-state index < -0.39 is 5.82 Å². The Labute approximate surface area is 125 Å². The lowest BCUT2D eigenvalue weighted by Gasteiger charge is -2.33. The Morgan fingerprint density at radius 1 is 1.48 bits per heavy atom. The number of benzene rings is 1. The quantitative estimate of drug-likeness (QED) is 0.647. The number of piperidine rings is 1. The van der Waals surface area contributed by atoms with Gasteiger partial charge in [0.25, 0.3) is 5.91 Å². The van der Waals surface area contributed by atoms with Gasteiger partial charge in [0, 0.05) is 24.8 Å². The topological polar surface area (TPSA) is 58.4 Å². The number of likely N-dealkylation sites (tertiary alicyclic amines) is 1. The van der Waals surface area contributed by atoms with Crippen LogP contribution in [0.3, 0.4) is 0 Å². The van der Waals surface area contributed by atoms with Crippen LogP contribution in [0.2, 0.25) is 0 Å². The Morgan fingerprint density at radius 3 is 3.05 bits per heavy atom. The first-order chi connectivity index (χ1) is 10.1. The SMILES string of the molecule is CC1CCCCN1CCCNC(=O)c1cc(F)ccc1N. The molecule has 0 aromatic heterocycles. The standard InChI is InChI=1S/C16H24FN3O/c1-12-5-2-3-9-20(12)10-4-8-19-16(21)14-11-13(17)6-7-15(14)18/h6-7,11-12H,2-5,8-10,18H2,1H3,(H,19,21). The van der Waals surface area contributed by atoms with Crippen LogP contribution < -0.4 is 11.1 Å². The van der Waals surface area contributed by atoms with Gasteiger partial charge in [-0.3, -0.25) is 4.79 Å². The predicted molar refractivity (Wildman–Crippen MR) is 82.6 cm³/mol. The number of rotatable bonds is 5. The minimum absolute atomic E-state index is 0.210. The lowest BCUT2D eigenvalue weighted by atomic mass is 10.0. The van der Waals surface area contributed by atoms with Crippen molar-refractivity contribution in [2.24, 2.45) is 0 Å². The molecule has 3 N–H and O–H groups in total. The van der Waals surface area contributed by atoms with Crippen LogP contribution in [0.25, 0.3) is 0 Å². The number of hydrogen-bond donors (Lipinski definition) is 2. The summed E-state index contributed by atoms with van der Waals surface area (Å²) in [6.45, 7) is 4.97. The number of nitrogens with zero attached hydrogens (tertiary/aromatic N) is 1. The van der Waals surface area contributed by atoms with E-state index in [2.05, 4.69) is 17.1 Å². The summed E-state index contributed by atoms with van der Waals surface area (Å²) in [5.74, 6) is -0.754. The van der Waals surface area contributed by atoms with Gasteiger partial charge < -0.3 is 16.0 Å². The van der Waals surface area contributed by atoms with Crippen molar-refractivity contribution in [3.63, 3.8) is 0 Å². The molecule has 116 valence electrons. The van der Waals surface area contributed by atoms with Crippen molar-refractivity contribution in [1.82, 2.24) is 10.2 Å². The first-order valence-electron chi connectivity index (χ1n) is 7.65. The highest BCUT2D eigenvalue weighted by Crippen LogP contribution is 2.16. The summed E-state index contributed by atoms with van der Waals surface area (Å²) in [6.07, 6.45) is 4.72. The lowest BCUT2D eigenvalue weighted by Crippen LogP contribution is -2.39. The number of nitrogen functional groups attached to an aromatic ring is 1. The molecule has 1 saturated heterocycles. The van der Waals surface area contributed by atoms with Crippen LogP contribution in [0, 0.1) is 5.82 Å². The van der Waals surface area contributed by atoms with E-state index in [-0.39, 0.29) is 11.5 Å². The zero-order valence-electron chi connectivity index (χ0n) is 12.6. The highest BCUT2D eigenvalue weighted by Gasteiger charge is 2.17. The average molecular weight is 293 g/mol. The van der Waals surface area contributed by atoms with Crippen LogP contribution in [0.15, 0.2) is 18.2 Å². The van der Waals surface area contributed by atoms with E-state index >= 15 is 0 Å². The van der Waals surface area contributed by atoms with E-state index in [1.54, 1.807) is 0 Å². The van der Waals surface area contributed by atoms with Gasteiger partial charge in [-0.05, 0) is 50.9 Å². The van der Waals surface area contributed by atoms with Crippen molar-refractivity contribution in [2.45, 2.75) is 38.6 Å². The number of halogens is 1. The van der Waals surface area contributed by atoms with Gasteiger partial charge in [0.1, 0.15) is 5.82 Å². The number of nitrogens with two attached hydrogens (primary N) is 1. The second-order valence-corrected chi connectivity index (χ2v) is 5.72. The smallest absolute Gasteiger partial charge is 0.253 e. The monoisotopic (exact) mass is 293 g/mol. The van der Waals surface area contributed by atoms with E-state index in [0.29, 0.717) is 18.3 Å². The van der Waals surface area contributed by atoms with Crippen LogP contribution in [-0.4, -0.2) is 36.5 Å². The molecule has 1 aromatic rings. The second-order valence-electron chi connectivity index (χ2n) is 5.72. The normalized spacial score (nSPS) is 19.4. The van der Waals surface area contributed by atoms with Crippen LogP contribution in [0.4, 0.5) is 10.1 Å². The number of anilines is 1. The third-order valence-electron chi connectivity index (χ3n) is 4.11. The van der Waals surface area contributed by atoms with Crippen LogP contribution in [0.1, 0.15) is 43.0 Å². The summed E-state index contributed by atoms with van der Waals surface area (Å²) in [5.41, 5.74) is 6.21. The van der Waals surface area contributed by atoms with Gasteiger partial charge in [0.05, 0.1) is 5.56 Å². The number of nitrogens with one attached hydrogen (secondary N) is 1. The summed E-state index contributed by atoms with van der Waals surface area (Å²) >= 11 is 0. The first kappa shape index (κ1) is 15.8. The zero-order chi connectivity index (χ0) is 15.2. The van der Waals surface area contributed by atoms with Crippen molar-refractivity contribution >= 4 is 11.6 Å². The Kier molecular flexibility index (Phi) is 5.56. The molecule has 0 radical (unpaired) electrons. The molecule has 5 heteroatoms. The molecule has 0 saturated carbocycles. The maximum atomic E-state index is 13.1. The van der Waals surface area contributed by atoms with E-state index in [4.69, 9.17) is 5.73 Å². The molecular formula is C16H24FN3O. The van der Waals surface area contributed by atoms with Crippen molar-refractivity contribution in [3.05, 3.63) is 29.6 Å². The highest BCUT2D eigenvalue weighted by molar-refractivity contribution is 5.99. The van der Waals surface area contributed by atoms with Gasteiger partial charge in [0.15, 0.2) is 0 Å². The molecule has 2 rings (SSSR count). The Bertz CT molecular complexity index is 492. The molecule has 1 heterocycles. The molecule has 1 aromatic carbocycles. The molecule has 0 aliphatic carbocycles. The van der Waals surface area contributed by atoms with E-state index in [1.807, 2.05) is 0 Å². The van der Waals surface area contributed by atoms with E-state index in [1.165, 1.54) is 37.5 Å². The van der Waals surface area contributed by atoms with Crippen molar-refractivity contribution < 1.29 is 9.18 Å². The number of carbonyl (C=O) groups excluding carboxylic acids is 1. The fraction of sp³-hybridized carbons (Fsp3) is 0.562. The van der Waals surface area contributed by atoms with Crippen LogP contribution >= 0.6 is 0 Å². The third kappa shape index (κ3) is 4.43. The van der Waals surface area contributed by atoms with Gasteiger partial charge in [0.2, 0.25) is 0 Å². The summed E-state index contributed by atoms with van der Waals surface area (Å²) < 4.78 is 13.1. The molecule has 4 nitrogen and oxygen atoms in total. The number of hydrogen-bond acceptors (Lipinski definition) is 3. The van der Waals surface area contributed by atoms with E-state index in [9.17, 15) is 9.18 Å². The Hall–Kier alpha value is -1.62. The van der Waals surface area contributed by atoms with Gasteiger partial charge in [-0.2, -0.15) is 0 Å². The Morgan fingerprint density at radius 2 is 2.29 bits per heavy atom. The molecule has 0 bridgehead atoms. The fourth-order valence-electron chi connectivity index (χ4n) is 2.79. The fourth-order valence-corrected chi connectivity index (χ4v) is 2.79. The van der Waals surface area contributed by atoms with Gasteiger partial charge in [-0.1, -0.05) is 6.42 Å². The molecule has 1 aliphatic heterocycles. The van der Waals surface area contributed by atoms with Gasteiger partial charge >= 0.3 is 0 Å². The number of amides is 1. The predicted octanol–water partition coefficient (Wildman–Crippen LogP) is 2.40. The molecule has 1 unspecified atom stereocenters. The minimum atomic E-state index is -0.448. The highest BCUT2D eigenvalue weighted by atomic mass is 19.1. The summed E-state index contributed by atoms with van der Waals surface area (Å²) in [4.78, 5) is 14.4. The summed E-state index contributed by atoms with van der Waals surface area (Å²) in [7, 11) is 0. The third-order valence-corrected chi connectivity index (χ3v) is 4.11. The molecule has 1 atom stereocenters. The van der Waals surface area contributed by atoms with Gasteiger partial charge in [-0.25, -0.2) is 4.39 Å². The second kappa shape index (κ2) is 7.41.